The van der Waals surface area contributed by atoms with Crippen molar-refractivity contribution in [3.63, 3.8) is 0 Å². The molecule has 1 aliphatic heterocycles. The topological polar surface area (TPSA) is 63.8 Å². The van der Waals surface area contributed by atoms with Crippen LogP contribution < -0.4 is 10.2 Å². The maximum Gasteiger partial charge on any atom is 0.247 e. The first-order chi connectivity index (χ1) is 21.5. The maximum absolute atomic E-state index is 12.4. The molecule has 0 amide bonds. The number of nitrogens with one attached hydrogen (secondary N) is 1. The van der Waals surface area contributed by atoms with Gasteiger partial charge in [0.2, 0.25) is 5.92 Å². The second kappa shape index (κ2) is 16.8. The molecule has 7 heteroatoms. The Hall–Kier alpha value is -3.37. The maximum atomic E-state index is 12.4. The number of halogens is 2. The van der Waals surface area contributed by atoms with Crippen molar-refractivity contribution in [3.05, 3.63) is 66.4 Å². The van der Waals surface area contributed by atoms with Crippen molar-refractivity contribution in [1.82, 2.24) is 5.32 Å². The first-order valence-corrected chi connectivity index (χ1v) is 16.6. The molecule has 0 aromatic heterocycles. The van der Waals surface area contributed by atoms with Crippen LogP contribution in [0.2, 0.25) is 0 Å². The average molecular weight is 618 g/mol. The summed E-state index contributed by atoms with van der Waals surface area (Å²) in [6.45, 7) is 20.7. The van der Waals surface area contributed by atoms with Gasteiger partial charge in [-0.25, -0.2) is 13.8 Å². The fourth-order valence-corrected chi connectivity index (χ4v) is 5.88. The number of allylic oxidation sites excluding steroid dienone is 1. The predicted octanol–water partition coefficient (Wildman–Crippen LogP) is 9.67. The van der Waals surface area contributed by atoms with Crippen molar-refractivity contribution in [3.8, 4) is 17.2 Å². The molecule has 1 aliphatic carbocycles. The first-order valence-electron chi connectivity index (χ1n) is 16.6. The molecule has 45 heavy (non-hydrogen) atoms. The van der Waals surface area contributed by atoms with Crippen LogP contribution in [-0.2, 0) is 0 Å². The summed E-state index contributed by atoms with van der Waals surface area (Å²) >= 11 is 0. The van der Waals surface area contributed by atoms with Crippen LogP contribution >= 0.6 is 0 Å². The fourth-order valence-electron chi connectivity index (χ4n) is 5.88. The summed E-state index contributed by atoms with van der Waals surface area (Å²) in [6.07, 6.45) is 5.55. The third-order valence-corrected chi connectivity index (χ3v) is 9.13. The Labute approximate surface area is 270 Å². The number of amidine groups is 1. The molecule has 1 saturated heterocycles. The Bertz CT molecular complexity index is 1310. The monoisotopic (exact) mass is 617 g/mol. The van der Waals surface area contributed by atoms with Gasteiger partial charge < -0.3 is 10.2 Å². The molecule has 1 N–H and O–H groups in total. The van der Waals surface area contributed by atoms with E-state index >= 15 is 0 Å². The van der Waals surface area contributed by atoms with Gasteiger partial charge in [0.05, 0.1) is 11.5 Å². The minimum absolute atomic E-state index is 0.127. The van der Waals surface area contributed by atoms with Crippen LogP contribution in [0.3, 0.4) is 0 Å². The van der Waals surface area contributed by atoms with Crippen molar-refractivity contribution in [2.24, 2.45) is 27.2 Å². The average Bonchev–Trinajstić information content (AvgIpc) is 3.55. The Morgan fingerprint density at radius 2 is 1.91 bits per heavy atom. The molecule has 244 valence electrons. The molecule has 5 nitrogen and oxygen atoms in total. The van der Waals surface area contributed by atoms with Gasteiger partial charge in [0.1, 0.15) is 5.84 Å². The number of hydrogen-bond donors (Lipinski definition) is 1. The standard InChI is InChI=1S/C28H35N3.C10H18F2N2/c1-5-28(19-29)16-27(28)21(4)31(18-22-13-14-30-17-22)26-8-6-7-25(15-26)24-11-9-23(10-12-24)20(2)3;1-4-5-6-9(13-3)14-8-7-10(2,11)12/h6-12,15,20,22,27,30H,4-5,13-14,16-18H2,1-3H3;3-8H2,1-2H3. The molecular weight excluding hydrogens is 564 g/mol. The van der Waals surface area contributed by atoms with Crippen LogP contribution in [0.5, 0.6) is 0 Å². The molecule has 2 fully saturated rings. The van der Waals surface area contributed by atoms with E-state index in [1.807, 2.05) is 0 Å². The molecule has 2 aromatic carbocycles. The number of anilines is 1. The van der Waals surface area contributed by atoms with E-state index in [1.165, 1.54) is 28.8 Å². The lowest BCUT2D eigenvalue weighted by Crippen LogP contribution is -2.31. The van der Waals surface area contributed by atoms with Crippen molar-refractivity contribution in [2.75, 3.05) is 31.1 Å². The molecule has 4 rings (SSSR count). The summed E-state index contributed by atoms with van der Waals surface area (Å²) in [5, 5.41) is 13.2. The number of unbranched alkanes of at least 4 members (excludes halogenated alkanes) is 1. The SMILES string of the molecule is C=C(C1CC1(C#N)CC)N(CC1CCNC1)c1cccc(-c2ccc(C(C)C)cc2)c1.C=NC(CCCC)=NCCC(C)(F)F. The van der Waals surface area contributed by atoms with Crippen LogP contribution in [-0.4, -0.2) is 44.7 Å². The van der Waals surface area contributed by atoms with Crippen molar-refractivity contribution < 1.29 is 8.78 Å². The minimum Gasteiger partial charge on any atom is -0.345 e. The highest BCUT2D eigenvalue weighted by atomic mass is 19.3. The summed E-state index contributed by atoms with van der Waals surface area (Å²) in [5.41, 5.74) is 5.93. The number of hydrogen-bond acceptors (Lipinski definition) is 4. The molecule has 0 spiro atoms. The van der Waals surface area contributed by atoms with Crippen LogP contribution in [0, 0.1) is 28.6 Å². The highest BCUT2D eigenvalue weighted by Crippen LogP contribution is 2.59. The summed E-state index contributed by atoms with van der Waals surface area (Å²) in [6, 6.07) is 20.3. The third-order valence-electron chi connectivity index (χ3n) is 9.13. The first kappa shape index (κ1) is 36.1. The number of rotatable bonds is 14. The van der Waals surface area contributed by atoms with Crippen molar-refractivity contribution in [1.29, 1.82) is 5.26 Å². The zero-order valence-corrected chi connectivity index (χ0v) is 28.1. The second-order valence-electron chi connectivity index (χ2n) is 13.0. The van der Waals surface area contributed by atoms with E-state index in [0.717, 1.165) is 64.4 Å². The van der Waals surface area contributed by atoms with E-state index in [1.54, 1.807) is 0 Å². The molecule has 3 unspecified atom stereocenters. The van der Waals surface area contributed by atoms with E-state index < -0.39 is 5.92 Å². The zero-order chi connectivity index (χ0) is 33.0. The van der Waals surface area contributed by atoms with Crippen LogP contribution in [0.4, 0.5) is 14.5 Å². The number of benzene rings is 2. The quantitative estimate of drug-likeness (QED) is 0.170. The zero-order valence-electron chi connectivity index (χ0n) is 28.1. The molecule has 2 aromatic rings. The molecule has 1 saturated carbocycles. The predicted molar refractivity (Wildman–Crippen MR) is 186 cm³/mol. The lowest BCUT2D eigenvalue weighted by atomic mass is 9.97. The molecule has 1 heterocycles. The Balaban J connectivity index is 0.000000335. The van der Waals surface area contributed by atoms with Crippen LogP contribution in [0.1, 0.15) is 91.0 Å². The Morgan fingerprint density at radius 1 is 1.18 bits per heavy atom. The van der Waals surface area contributed by atoms with E-state index in [4.69, 9.17) is 0 Å². The Kier molecular flexibility index (Phi) is 13.5. The highest BCUT2D eigenvalue weighted by Gasteiger charge is 2.56. The number of alkyl halides is 2. The molecule has 0 radical (unpaired) electrons. The van der Waals surface area contributed by atoms with Gasteiger partial charge >= 0.3 is 0 Å². The molecule has 0 bridgehead atoms. The van der Waals surface area contributed by atoms with E-state index in [0.29, 0.717) is 17.7 Å². The van der Waals surface area contributed by atoms with Crippen molar-refractivity contribution >= 4 is 18.2 Å². The normalized spacial score (nSPS) is 21.1. The summed E-state index contributed by atoms with van der Waals surface area (Å²) in [4.78, 5) is 10.1. The Morgan fingerprint density at radius 3 is 2.44 bits per heavy atom. The van der Waals surface area contributed by atoms with Gasteiger partial charge in [0.25, 0.3) is 0 Å². The van der Waals surface area contributed by atoms with Crippen LogP contribution in [0.15, 0.2) is 70.8 Å². The van der Waals surface area contributed by atoms with E-state index in [2.05, 4.69) is 116 Å². The molecular formula is C38H53F2N5. The van der Waals surface area contributed by atoms with Gasteiger partial charge in [-0.05, 0) is 93.1 Å². The lowest BCUT2D eigenvalue weighted by Gasteiger charge is -2.31. The van der Waals surface area contributed by atoms with Gasteiger partial charge in [0.15, 0.2) is 0 Å². The summed E-state index contributed by atoms with van der Waals surface area (Å²) in [5.74, 6) is -0.623. The van der Waals surface area contributed by atoms with Crippen molar-refractivity contribution in [2.45, 2.75) is 91.4 Å². The molecule has 3 atom stereocenters. The van der Waals surface area contributed by atoms with Gasteiger partial charge in [-0.15, -0.1) is 0 Å². The smallest absolute Gasteiger partial charge is 0.247 e. The lowest BCUT2D eigenvalue weighted by molar-refractivity contribution is 0.0157. The number of nitrogens with zero attached hydrogens (tertiary/aromatic N) is 4. The largest absolute Gasteiger partial charge is 0.345 e. The van der Waals surface area contributed by atoms with Gasteiger partial charge in [-0.1, -0.05) is 77.1 Å². The van der Waals surface area contributed by atoms with Gasteiger partial charge in [-0.2, -0.15) is 5.26 Å². The van der Waals surface area contributed by atoms with Gasteiger partial charge in [0, 0.05) is 43.2 Å². The number of aliphatic imine (C=N–C) groups is 2. The highest BCUT2D eigenvalue weighted by molar-refractivity contribution is 5.86. The van der Waals surface area contributed by atoms with E-state index in [-0.39, 0.29) is 24.3 Å². The third kappa shape index (κ3) is 10.6. The summed E-state index contributed by atoms with van der Waals surface area (Å²) < 4.78 is 24.8. The summed E-state index contributed by atoms with van der Waals surface area (Å²) in [7, 11) is 0. The van der Waals surface area contributed by atoms with Gasteiger partial charge in [-0.3, -0.25) is 4.99 Å². The minimum atomic E-state index is -2.64. The van der Waals surface area contributed by atoms with Crippen LogP contribution in [0.25, 0.3) is 11.1 Å². The van der Waals surface area contributed by atoms with E-state index in [9.17, 15) is 14.0 Å². The fraction of sp³-hybridized carbons (Fsp3) is 0.553. The second-order valence-corrected chi connectivity index (χ2v) is 13.0. The molecule has 2 aliphatic rings. The number of nitriles is 1.